The fourth-order valence-corrected chi connectivity index (χ4v) is 1.33. The van der Waals surface area contributed by atoms with Crippen molar-refractivity contribution in [1.29, 1.82) is 0 Å². The highest BCUT2D eigenvalue weighted by molar-refractivity contribution is 6.32. The Balaban J connectivity index is 3.02. The van der Waals surface area contributed by atoms with Gasteiger partial charge in [0.1, 0.15) is 17.4 Å². The summed E-state index contributed by atoms with van der Waals surface area (Å²) >= 11 is 5.72. The van der Waals surface area contributed by atoms with Crippen molar-refractivity contribution < 1.29 is 9.66 Å². The standard InChI is InChI=1S/C9H11ClN2O3/c1-6-4-8(12(13)14)7(10)5-9(6)15-3-2-11/h4-5H,2-3,11H2,1H3. The van der Waals surface area contributed by atoms with Crippen molar-refractivity contribution in [3.63, 3.8) is 0 Å². The van der Waals surface area contributed by atoms with E-state index in [0.29, 0.717) is 24.5 Å². The molecule has 0 saturated carbocycles. The van der Waals surface area contributed by atoms with Gasteiger partial charge in [-0.1, -0.05) is 11.6 Å². The highest BCUT2D eigenvalue weighted by Gasteiger charge is 2.15. The van der Waals surface area contributed by atoms with E-state index in [4.69, 9.17) is 22.1 Å². The lowest BCUT2D eigenvalue weighted by atomic mass is 10.2. The SMILES string of the molecule is Cc1cc([N+](=O)[O-])c(Cl)cc1OCCN. The summed E-state index contributed by atoms with van der Waals surface area (Å²) in [5.41, 5.74) is 5.83. The molecular formula is C9H11ClN2O3. The third kappa shape index (κ3) is 2.81. The third-order valence-electron chi connectivity index (χ3n) is 1.82. The van der Waals surface area contributed by atoms with Crippen LogP contribution in [0.5, 0.6) is 5.75 Å². The second kappa shape index (κ2) is 4.95. The molecule has 15 heavy (non-hydrogen) atoms. The molecule has 5 nitrogen and oxygen atoms in total. The largest absolute Gasteiger partial charge is 0.492 e. The maximum Gasteiger partial charge on any atom is 0.288 e. The maximum atomic E-state index is 10.6. The highest BCUT2D eigenvalue weighted by Crippen LogP contribution is 2.31. The first-order chi connectivity index (χ1) is 7.06. The Kier molecular flexibility index (Phi) is 3.88. The summed E-state index contributed by atoms with van der Waals surface area (Å²) in [6.07, 6.45) is 0. The molecule has 82 valence electrons. The fraction of sp³-hybridized carbons (Fsp3) is 0.333. The van der Waals surface area contributed by atoms with E-state index < -0.39 is 4.92 Å². The predicted octanol–water partition coefficient (Wildman–Crippen LogP) is 1.89. The lowest BCUT2D eigenvalue weighted by molar-refractivity contribution is -0.384. The number of rotatable bonds is 4. The van der Waals surface area contributed by atoms with Crippen LogP contribution >= 0.6 is 11.6 Å². The van der Waals surface area contributed by atoms with E-state index in [1.807, 2.05) is 0 Å². The molecule has 0 atom stereocenters. The first kappa shape index (κ1) is 11.7. The number of nitrogens with two attached hydrogens (primary N) is 1. The molecule has 0 bridgehead atoms. The van der Waals surface area contributed by atoms with Crippen molar-refractivity contribution in [3.8, 4) is 5.75 Å². The molecule has 0 aliphatic rings. The van der Waals surface area contributed by atoms with Gasteiger partial charge in [0.05, 0.1) is 4.92 Å². The Bertz CT molecular complexity index is 382. The molecule has 0 unspecified atom stereocenters. The van der Waals surface area contributed by atoms with E-state index in [2.05, 4.69) is 0 Å². The summed E-state index contributed by atoms with van der Waals surface area (Å²) in [6, 6.07) is 2.82. The van der Waals surface area contributed by atoms with E-state index in [0.717, 1.165) is 0 Å². The van der Waals surface area contributed by atoms with Gasteiger partial charge in [-0.2, -0.15) is 0 Å². The Morgan fingerprint density at radius 2 is 2.27 bits per heavy atom. The second-order valence-corrected chi connectivity index (χ2v) is 3.37. The molecule has 0 aliphatic carbocycles. The first-order valence-electron chi connectivity index (χ1n) is 4.33. The zero-order chi connectivity index (χ0) is 11.4. The minimum Gasteiger partial charge on any atom is -0.492 e. The van der Waals surface area contributed by atoms with Crippen LogP contribution in [0.4, 0.5) is 5.69 Å². The molecule has 0 heterocycles. The van der Waals surface area contributed by atoms with Crippen LogP contribution in [0.3, 0.4) is 0 Å². The monoisotopic (exact) mass is 230 g/mol. The van der Waals surface area contributed by atoms with Crippen molar-refractivity contribution >= 4 is 17.3 Å². The van der Waals surface area contributed by atoms with Crippen molar-refractivity contribution in [3.05, 3.63) is 32.8 Å². The lowest BCUT2D eigenvalue weighted by Gasteiger charge is -2.08. The summed E-state index contributed by atoms with van der Waals surface area (Å²) in [5, 5.41) is 10.6. The molecule has 6 heteroatoms. The van der Waals surface area contributed by atoms with E-state index >= 15 is 0 Å². The van der Waals surface area contributed by atoms with E-state index in [1.165, 1.54) is 12.1 Å². The topological polar surface area (TPSA) is 78.4 Å². The Hall–Kier alpha value is -1.33. The van der Waals surface area contributed by atoms with Gasteiger partial charge in [-0.3, -0.25) is 10.1 Å². The van der Waals surface area contributed by atoms with Gasteiger partial charge in [-0.05, 0) is 12.5 Å². The molecule has 0 radical (unpaired) electrons. The van der Waals surface area contributed by atoms with E-state index in [9.17, 15) is 10.1 Å². The van der Waals surface area contributed by atoms with E-state index in [1.54, 1.807) is 6.92 Å². The van der Waals surface area contributed by atoms with Crippen LogP contribution in [-0.4, -0.2) is 18.1 Å². The maximum absolute atomic E-state index is 10.6. The molecule has 1 rings (SSSR count). The number of benzene rings is 1. The number of hydrogen-bond acceptors (Lipinski definition) is 4. The van der Waals surface area contributed by atoms with Gasteiger partial charge in [0, 0.05) is 18.7 Å². The van der Waals surface area contributed by atoms with Crippen LogP contribution in [0.1, 0.15) is 5.56 Å². The van der Waals surface area contributed by atoms with E-state index in [-0.39, 0.29) is 10.7 Å². The van der Waals surface area contributed by atoms with Crippen LogP contribution in [0.2, 0.25) is 5.02 Å². The van der Waals surface area contributed by atoms with Gasteiger partial charge in [-0.25, -0.2) is 0 Å². The molecule has 0 amide bonds. The second-order valence-electron chi connectivity index (χ2n) is 2.96. The van der Waals surface area contributed by atoms with Gasteiger partial charge in [-0.15, -0.1) is 0 Å². The first-order valence-corrected chi connectivity index (χ1v) is 4.71. The highest BCUT2D eigenvalue weighted by atomic mass is 35.5. The number of ether oxygens (including phenoxy) is 1. The van der Waals surface area contributed by atoms with Gasteiger partial charge in [0.15, 0.2) is 0 Å². The smallest absolute Gasteiger partial charge is 0.288 e. The lowest BCUT2D eigenvalue weighted by Crippen LogP contribution is -2.11. The Morgan fingerprint density at radius 3 is 2.80 bits per heavy atom. The average molecular weight is 231 g/mol. The summed E-state index contributed by atoms with van der Waals surface area (Å²) in [7, 11) is 0. The van der Waals surface area contributed by atoms with Crippen LogP contribution in [0, 0.1) is 17.0 Å². The summed E-state index contributed by atoms with van der Waals surface area (Å²) in [4.78, 5) is 10.0. The normalized spacial score (nSPS) is 10.1. The average Bonchev–Trinajstić information content (AvgIpc) is 2.18. The minimum absolute atomic E-state index is 0.0672. The minimum atomic E-state index is -0.526. The number of hydrogen-bond donors (Lipinski definition) is 1. The fourth-order valence-electron chi connectivity index (χ4n) is 1.11. The molecule has 0 saturated heterocycles. The molecule has 0 spiro atoms. The Morgan fingerprint density at radius 1 is 1.60 bits per heavy atom. The summed E-state index contributed by atoms with van der Waals surface area (Å²) in [5.74, 6) is 0.524. The van der Waals surface area contributed by atoms with Gasteiger partial charge < -0.3 is 10.5 Å². The zero-order valence-corrected chi connectivity index (χ0v) is 8.95. The van der Waals surface area contributed by atoms with Crippen molar-refractivity contribution in [2.75, 3.05) is 13.2 Å². The number of aryl methyl sites for hydroxylation is 1. The van der Waals surface area contributed by atoms with Crippen molar-refractivity contribution in [1.82, 2.24) is 0 Å². The molecule has 2 N–H and O–H groups in total. The number of nitro groups is 1. The zero-order valence-electron chi connectivity index (χ0n) is 8.20. The van der Waals surface area contributed by atoms with Crippen LogP contribution in [-0.2, 0) is 0 Å². The molecular weight excluding hydrogens is 220 g/mol. The summed E-state index contributed by atoms with van der Waals surface area (Å²) in [6.45, 7) is 2.46. The third-order valence-corrected chi connectivity index (χ3v) is 2.12. The van der Waals surface area contributed by atoms with Crippen LogP contribution in [0.25, 0.3) is 0 Å². The molecule has 0 aliphatic heterocycles. The molecule has 0 fully saturated rings. The van der Waals surface area contributed by atoms with Gasteiger partial charge in [0.25, 0.3) is 5.69 Å². The Labute approximate surface area is 91.9 Å². The van der Waals surface area contributed by atoms with Crippen molar-refractivity contribution in [2.45, 2.75) is 6.92 Å². The van der Waals surface area contributed by atoms with Crippen molar-refractivity contribution in [2.24, 2.45) is 5.73 Å². The number of halogens is 1. The van der Waals surface area contributed by atoms with Crippen LogP contribution in [0.15, 0.2) is 12.1 Å². The molecule has 0 aromatic heterocycles. The van der Waals surface area contributed by atoms with Gasteiger partial charge >= 0.3 is 0 Å². The van der Waals surface area contributed by atoms with Crippen LogP contribution < -0.4 is 10.5 Å². The number of nitro benzene ring substituents is 1. The quantitative estimate of drug-likeness (QED) is 0.633. The van der Waals surface area contributed by atoms with Gasteiger partial charge in [0.2, 0.25) is 0 Å². The predicted molar refractivity (Wildman–Crippen MR) is 57.4 cm³/mol. The summed E-state index contributed by atoms with van der Waals surface area (Å²) < 4.78 is 5.27. The molecule has 1 aromatic carbocycles. The molecule has 1 aromatic rings. The number of nitrogens with zero attached hydrogens (tertiary/aromatic N) is 1.